The van der Waals surface area contributed by atoms with Crippen molar-refractivity contribution in [3.8, 4) is 0 Å². The van der Waals surface area contributed by atoms with Crippen molar-refractivity contribution in [3.05, 3.63) is 70.0 Å². The van der Waals surface area contributed by atoms with Crippen molar-refractivity contribution < 1.29 is 4.39 Å². The number of nitrogens with one attached hydrogen (secondary N) is 1. The molecule has 0 amide bonds. The Hall–Kier alpha value is -1.42. The molecule has 2 aromatic rings. The number of rotatable bonds is 5. The third-order valence-electron chi connectivity index (χ3n) is 3.44. The van der Waals surface area contributed by atoms with E-state index < -0.39 is 0 Å². The third kappa shape index (κ3) is 3.37. The molecule has 0 aromatic heterocycles. The molecular formula is C16H18ClFN2. The van der Waals surface area contributed by atoms with Crippen molar-refractivity contribution in [2.75, 3.05) is 0 Å². The first-order chi connectivity index (χ1) is 9.65. The number of aryl methyl sites for hydroxylation is 1. The Morgan fingerprint density at radius 1 is 1.20 bits per heavy atom. The lowest BCUT2D eigenvalue weighted by Gasteiger charge is -2.20. The lowest BCUT2D eigenvalue weighted by molar-refractivity contribution is 0.526. The summed E-state index contributed by atoms with van der Waals surface area (Å²) in [5, 5.41) is 0.529. The van der Waals surface area contributed by atoms with Crippen molar-refractivity contribution in [1.29, 1.82) is 0 Å². The molecule has 4 heteroatoms. The van der Waals surface area contributed by atoms with Gasteiger partial charge in [0.2, 0.25) is 0 Å². The van der Waals surface area contributed by atoms with Gasteiger partial charge in [0, 0.05) is 5.02 Å². The zero-order valence-electron chi connectivity index (χ0n) is 11.4. The van der Waals surface area contributed by atoms with E-state index in [1.165, 1.54) is 11.6 Å². The van der Waals surface area contributed by atoms with E-state index in [9.17, 15) is 4.39 Å². The van der Waals surface area contributed by atoms with Crippen LogP contribution in [-0.4, -0.2) is 0 Å². The summed E-state index contributed by atoms with van der Waals surface area (Å²) in [7, 11) is 0. The molecule has 0 heterocycles. The molecule has 0 saturated heterocycles. The highest BCUT2D eigenvalue weighted by Crippen LogP contribution is 2.24. The molecule has 106 valence electrons. The monoisotopic (exact) mass is 292 g/mol. The molecule has 0 saturated carbocycles. The normalized spacial score (nSPS) is 12.4. The van der Waals surface area contributed by atoms with Crippen molar-refractivity contribution in [1.82, 2.24) is 5.43 Å². The maximum Gasteiger partial charge on any atom is 0.126 e. The molecule has 1 atom stereocenters. The van der Waals surface area contributed by atoms with Gasteiger partial charge in [-0.3, -0.25) is 11.3 Å². The SMILES string of the molecule is CCc1ccccc1C(Cc1cc(Cl)ccc1F)NN. The van der Waals surface area contributed by atoms with Gasteiger partial charge in [0.25, 0.3) is 0 Å². The van der Waals surface area contributed by atoms with Crippen LogP contribution in [0.25, 0.3) is 0 Å². The predicted molar refractivity (Wildman–Crippen MR) is 81.0 cm³/mol. The molecule has 0 aliphatic heterocycles. The fraction of sp³-hybridized carbons (Fsp3) is 0.250. The second kappa shape index (κ2) is 6.84. The van der Waals surface area contributed by atoms with Gasteiger partial charge in [0.1, 0.15) is 5.82 Å². The average molecular weight is 293 g/mol. The van der Waals surface area contributed by atoms with E-state index in [1.807, 2.05) is 18.2 Å². The van der Waals surface area contributed by atoms with Gasteiger partial charge in [-0.1, -0.05) is 42.8 Å². The Morgan fingerprint density at radius 3 is 2.65 bits per heavy atom. The zero-order chi connectivity index (χ0) is 14.5. The lowest BCUT2D eigenvalue weighted by atomic mass is 9.94. The fourth-order valence-electron chi connectivity index (χ4n) is 2.37. The third-order valence-corrected chi connectivity index (χ3v) is 3.68. The van der Waals surface area contributed by atoms with Crippen LogP contribution in [-0.2, 0) is 12.8 Å². The highest BCUT2D eigenvalue weighted by atomic mass is 35.5. The molecule has 3 N–H and O–H groups in total. The van der Waals surface area contributed by atoms with Crippen LogP contribution in [0.15, 0.2) is 42.5 Å². The summed E-state index contributed by atoms with van der Waals surface area (Å²) in [4.78, 5) is 0. The Balaban J connectivity index is 2.31. The largest absolute Gasteiger partial charge is 0.271 e. The molecule has 0 radical (unpaired) electrons. The fourth-order valence-corrected chi connectivity index (χ4v) is 2.57. The minimum Gasteiger partial charge on any atom is -0.271 e. The van der Waals surface area contributed by atoms with Crippen LogP contribution < -0.4 is 11.3 Å². The number of benzene rings is 2. The number of hydrogen-bond acceptors (Lipinski definition) is 2. The molecule has 0 fully saturated rings. The summed E-state index contributed by atoms with van der Waals surface area (Å²) < 4.78 is 13.8. The van der Waals surface area contributed by atoms with Crippen LogP contribution in [0.4, 0.5) is 4.39 Å². The van der Waals surface area contributed by atoms with Crippen LogP contribution >= 0.6 is 11.6 Å². The molecular weight excluding hydrogens is 275 g/mol. The van der Waals surface area contributed by atoms with Gasteiger partial charge in [-0.2, -0.15) is 0 Å². The average Bonchev–Trinajstić information content (AvgIpc) is 2.48. The van der Waals surface area contributed by atoms with Gasteiger partial charge in [-0.05, 0) is 47.7 Å². The van der Waals surface area contributed by atoms with Crippen molar-refractivity contribution >= 4 is 11.6 Å². The standard InChI is InChI=1S/C16H18ClFN2/c1-2-11-5-3-4-6-14(11)16(20-19)10-12-9-13(17)7-8-15(12)18/h3-9,16,20H,2,10,19H2,1H3. The number of halogens is 2. The summed E-state index contributed by atoms with van der Waals surface area (Å²) in [5.41, 5.74) is 5.64. The van der Waals surface area contributed by atoms with E-state index in [0.29, 0.717) is 17.0 Å². The summed E-state index contributed by atoms with van der Waals surface area (Å²) in [6, 6.07) is 12.5. The smallest absolute Gasteiger partial charge is 0.126 e. The van der Waals surface area contributed by atoms with Crippen molar-refractivity contribution in [3.63, 3.8) is 0 Å². The van der Waals surface area contributed by atoms with Crippen molar-refractivity contribution in [2.45, 2.75) is 25.8 Å². The summed E-state index contributed by atoms with van der Waals surface area (Å²) >= 11 is 5.93. The zero-order valence-corrected chi connectivity index (χ0v) is 12.1. The molecule has 0 spiro atoms. The van der Waals surface area contributed by atoms with E-state index >= 15 is 0 Å². The number of nitrogens with two attached hydrogens (primary N) is 1. The molecule has 2 rings (SSSR count). The lowest BCUT2D eigenvalue weighted by Crippen LogP contribution is -2.30. The topological polar surface area (TPSA) is 38.0 Å². The Kier molecular flexibility index (Phi) is 5.12. The van der Waals surface area contributed by atoms with Crippen LogP contribution in [0.3, 0.4) is 0 Å². The van der Waals surface area contributed by atoms with E-state index in [1.54, 1.807) is 12.1 Å². The Labute approximate surface area is 123 Å². The predicted octanol–water partition coefficient (Wildman–Crippen LogP) is 3.79. The Morgan fingerprint density at radius 2 is 1.95 bits per heavy atom. The molecule has 0 aliphatic rings. The molecule has 2 aromatic carbocycles. The van der Waals surface area contributed by atoms with Crippen molar-refractivity contribution in [2.24, 2.45) is 5.84 Å². The molecule has 2 nitrogen and oxygen atoms in total. The summed E-state index contributed by atoms with van der Waals surface area (Å²) in [6.07, 6.45) is 1.37. The first-order valence-electron chi connectivity index (χ1n) is 6.63. The second-order valence-corrected chi connectivity index (χ2v) is 5.15. The molecule has 0 bridgehead atoms. The van der Waals surface area contributed by atoms with Crippen LogP contribution in [0.2, 0.25) is 5.02 Å². The molecule has 0 aliphatic carbocycles. The van der Waals surface area contributed by atoms with Gasteiger partial charge >= 0.3 is 0 Å². The van der Waals surface area contributed by atoms with Gasteiger partial charge < -0.3 is 0 Å². The Bertz CT molecular complexity index is 586. The van der Waals surface area contributed by atoms with E-state index in [0.717, 1.165) is 12.0 Å². The highest BCUT2D eigenvalue weighted by molar-refractivity contribution is 6.30. The highest BCUT2D eigenvalue weighted by Gasteiger charge is 2.16. The molecule has 1 unspecified atom stereocenters. The van der Waals surface area contributed by atoms with Gasteiger partial charge in [0.15, 0.2) is 0 Å². The van der Waals surface area contributed by atoms with Crippen LogP contribution in [0.1, 0.15) is 29.7 Å². The second-order valence-electron chi connectivity index (χ2n) is 4.71. The minimum atomic E-state index is -0.261. The maximum atomic E-state index is 13.8. The van der Waals surface area contributed by atoms with E-state index in [-0.39, 0.29) is 11.9 Å². The number of hydrazine groups is 1. The first kappa shape index (κ1) is 15.0. The maximum absolute atomic E-state index is 13.8. The molecule has 20 heavy (non-hydrogen) atoms. The number of hydrogen-bond donors (Lipinski definition) is 2. The first-order valence-corrected chi connectivity index (χ1v) is 7.01. The quantitative estimate of drug-likeness (QED) is 0.650. The van der Waals surface area contributed by atoms with E-state index in [4.69, 9.17) is 17.4 Å². The van der Waals surface area contributed by atoms with E-state index in [2.05, 4.69) is 18.4 Å². The minimum absolute atomic E-state index is 0.140. The van der Waals surface area contributed by atoms with Crippen LogP contribution in [0, 0.1) is 5.82 Å². The summed E-state index contributed by atoms with van der Waals surface area (Å²) in [6.45, 7) is 2.09. The van der Waals surface area contributed by atoms with Gasteiger partial charge in [-0.25, -0.2) is 4.39 Å². The summed E-state index contributed by atoms with van der Waals surface area (Å²) in [5.74, 6) is 5.40. The van der Waals surface area contributed by atoms with Gasteiger partial charge in [0.05, 0.1) is 6.04 Å². The van der Waals surface area contributed by atoms with Crippen LogP contribution in [0.5, 0.6) is 0 Å². The van der Waals surface area contributed by atoms with Gasteiger partial charge in [-0.15, -0.1) is 0 Å².